The molecule has 1 heterocycles. The summed E-state index contributed by atoms with van der Waals surface area (Å²) in [6.45, 7) is 2.07. The zero-order valence-corrected chi connectivity index (χ0v) is 12.5. The van der Waals surface area contributed by atoms with Crippen molar-refractivity contribution in [2.45, 2.75) is 19.8 Å². The summed E-state index contributed by atoms with van der Waals surface area (Å²) in [6.07, 6.45) is 3.18. The van der Waals surface area contributed by atoms with Gasteiger partial charge in [0.25, 0.3) is 0 Å². The second kappa shape index (κ2) is 6.42. The SMILES string of the molecule is CCCc1c(Cl)ncnc1Nc1cc(Cl)cc(Cl)c1. The van der Waals surface area contributed by atoms with Crippen molar-refractivity contribution >= 4 is 46.3 Å². The normalized spacial score (nSPS) is 10.5. The molecule has 0 bridgehead atoms. The second-order valence-corrected chi connectivity index (χ2v) is 5.26. The Morgan fingerprint density at radius 3 is 2.37 bits per heavy atom. The van der Waals surface area contributed by atoms with Gasteiger partial charge in [-0.15, -0.1) is 0 Å². The first-order chi connectivity index (χ1) is 9.10. The predicted octanol–water partition coefficient (Wildman–Crippen LogP) is 5.13. The molecule has 6 heteroatoms. The van der Waals surface area contributed by atoms with Crippen molar-refractivity contribution in [2.75, 3.05) is 5.32 Å². The Balaban J connectivity index is 2.34. The molecule has 0 saturated carbocycles. The average molecular weight is 317 g/mol. The highest BCUT2D eigenvalue weighted by atomic mass is 35.5. The van der Waals surface area contributed by atoms with Crippen LogP contribution in [0.15, 0.2) is 24.5 Å². The molecule has 100 valence electrons. The first-order valence-corrected chi connectivity index (χ1v) is 6.96. The fourth-order valence-corrected chi connectivity index (χ4v) is 2.49. The minimum absolute atomic E-state index is 0.465. The molecule has 3 nitrogen and oxygen atoms in total. The third kappa shape index (κ3) is 3.72. The fraction of sp³-hybridized carbons (Fsp3) is 0.231. The van der Waals surface area contributed by atoms with Crippen molar-refractivity contribution in [1.82, 2.24) is 9.97 Å². The number of nitrogens with zero attached hydrogens (tertiary/aromatic N) is 2. The number of benzene rings is 1. The Kier molecular flexibility index (Phi) is 4.86. The van der Waals surface area contributed by atoms with Gasteiger partial charge in [0.05, 0.1) is 0 Å². The Hall–Kier alpha value is -1.03. The van der Waals surface area contributed by atoms with Gasteiger partial charge in [-0.1, -0.05) is 48.1 Å². The Bertz CT molecular complexity index is 567. The highest BCUT2D eigenvalue weighted by Gasteiger charge is 2.09. The van der Waals surface area contributed by atoms with Gasteiger partial charge < -0.3 is 5.32 Å². The van der Waals surface area contributed by atoms with Gasteiger partial charge in [-0.2, -0.15) is 0 Å². The molecule has 0 unspecified atom stereocenters. The maximum absolute atomic E-state index is 6.09. The van der Waals surface area contributed by atoms with Gasteiger partial charge in [0.1, 0.15) is 17.3 Å². The summed E-state index contributed by atoms with van der Waals surface area (Å²) >= 11 is 18.0. The van der Waals surface area contributed by atoms with Crippen LogP contribution in [0.3, 0.4) is 0 Å². The standard InChI is InChI=1S/C13H12Cl3N3/c1-2-3-11-12(16)17-7-18-13(11)19-10-5-8(14)4-9(15)6-10/h4-7H,2-3H2,1H3,(H,17,18,19). The van der Waals surface area contributed by atoms with Crippen LogP contribution >= 0.6 is 34.8 Å². The van der Waals surface area contributed by atoms with E-state index in [9.17, 15) is 0 Å². The average Bonchev–Trinajstić information content (AvgIpc) is 2.32. The molecule has 0 saturated heterocycles. The number of nitrogens with one attached hydrogen (secondary N) is 1. The van der Waals surface area contributed by atoms with Crippen molar-refractivity contribution in [1.29, 1.82) is 0 Å². The molecule has 0 radical (unpaired) electrons. The minimum atomic E-state index is 0.465. The van der Waals surface area contributed by atoms with Crippen LogP contribution in [0.1, 0.15) is 18.9 Å². The molecule has 1 aromatic heterocycles. The van der Waals surface area contributed by atoms with Crippen LogP contribution in [-0.2, 0) is 6.42 Å². The largest absolute Gasteiger partial charge is 0.340 e. The molecule has 0 atom stereocenters. The molecule has 0 aliphatic heterocycles. The zero-order chi connectivity index (χ0) is 13.8. The summed E-state index contributed by atoms with van der Waals surface area (Å²) in [5.41, 5.74) is 1.66. The summed E-state index contributed by atoms with van der Waals surface area (Å²) in [5.74, 6) is 0.681. The first-order valence-electron chi connectivity index (χ1n) is 5.82. The molecule has 19 heavy (non-hydrogen) atoms. The molecule has 2 rings (SSSR count). The van der Waals surface area contributed by atoms with Gasteiger partial charge in [-0.25, -0.2) is 9.97 Å². The first kappa shape index (κ1) is 14.4. The molecule has 2 aromatic rings. The molecule has 0 aliphatic carbocycles. The lowest BCUT2D eigenvalue weighted by atomic mass is 10.2. The molecule has 0 amide bonds. The summed E-state index contributed by atoms with van der Waals surface area (Å²) in [5, 5.41) is 4.77. The van der Waals surface area contributed by atoms with Gasteiger partial charge in [0, 0.05) is 21.3 Å². The molecule has 1 aromatic carbocycles. The highest BCUT2D eigenvalue weighted by molar-refractivity contribution is 6.35. The van der Waals surface area contributed by atoms with Gasteiger partial charge in [-0.3, -0.25) is 0 Å². The van der Waals surface area contributed by atoms with E-state index >= 15 is 0 Å². The topological polar surface area (TPSA) is 37.8 Å². The smallest absolute Gasteiger partial charge is 0.138 e. The van der Waals surface area contributed by atoms with E-state index in [1.54, 1.807) is 18.2 Å². The van der Waals surface area contributed by atoms with Crippen LogP contribution in [0.5, 0.6) is 0 Å². The lowest BCUT2D eigenvalue weighted by Gasteiger charge is -2.11. The maximum Gasteiger partial charge on any atom is 0.138 e. The number of hydrogen-bond donors (Lipinski definition) is 1. The lowest BCUT2D eigenvalue weighted by Crippen LogP contribution is -2.01. The molecule has 0 aliphatic rings. The minimum Gasteiger partial charge on any atom is -0.340 e. The third-order valence-electron chi connectivity index (χ3n) is 2.52. The Morgan fingerprint density at radius 2 is 1.74 bits per heavy atom. The Morgan fingerprint density at radius 1 is 1.05 bits per heavy atom. The molecule has 0 spiro atoms. The summed E-state index contributed by atoms with van der Waals surface area (Å²) in [7, 11) is 0. The second-order valence-electron chi connectivity index (χ2n) is 4.02. The van der Waals surface area contributed by atoms with Crippen molar-refractivity contribution in [3.63, 3.8) is 0 Å². The number of hydrogen-bond acceptors (Lipinski definition) is 3. The number of rotatable bonds is 4. The van der Waals surface area contributed by atoms with Gasteiger partial charge >= 0.3 is 0 Å². The van der Waals surface area contributed by atoms with Crippen molar-refractivity contribution < 1.29 is 0 Å². The van der Waals surface area contributed by atoms with E-state index in [4.69, 9.17) is 34.8 Å². The van der Waals surface area contributed by atoms with Crippen LogP contribution in [-0.4, -0.2) is 9.97 Å². The van der Waals surface area contributed by atoms with Crippen molar-refractivity contribution in [2.24, 2.45) is 0 Å². The molecular weight excluding hydrogens is 305 g/mol. The fourth-order valence-electron chi connectivity index (χ4n) is 1.73. The van der Waals surface area contributed by atoms with E-state index in [-0.39, 0.29) is 0 Å². The quantitative estimate of drug-likeness (QED) is 0.794. The zero-order valence-electron chi connectivity index (χ0n) is 10.3. The monoisotopic (exact) mass is 315 g/mol. The van der Waals surface area contributed by atoms with Crippen LogP contribution in [0.2, 0.25) is 15.2 Å². The predicted molar refractivity (Wildman–Crippen MR) is 80.8 cm³/mol. The highest BCUT2D eigenvalue weighted by Crippen LogP contribution is 2.28. The van der Waals surface area contributed by atoms with E-state index in [0.717, 1.165) is 24.1 Å². The summed E-state index contributed by atoms with van der Waals surface area (Å²) < 4.78 is 0. The maximum atomic E-state index is 6.09. The van der Waals surface area contributed by atoms with E-state index < -0.39 is 0 Å². The number of aromatic nitrogens is 2. The van der Waals surface area contributed by atoms with Crippen LogP contribution in [0.4, 0.5) is 11.5 Å². The summed E-state index contributed by atoms with van der Waals surface area (Å²) in [4.78, 5) is 8.22. The molecule has 1 N–H and O–H groups in total. The Labute approximate surface area is 126 Å². The van der Waals surface area contributed by atoms with Gasteiger partial charge in [0.2, 0.25) is 0 Å². The van der Waals surface area contributed by atoms with E-state index in [0.29, 0.717) is 21.0 Å². The van der Waals surface area contributed by atoms with E-state index in [1.165, 1.54) is 6.33 Å². The van der Waals surface area contributed by atoms with Crippen LogP contribution in [0.25, 0.3) is 0 Å². The number of anilines is 2. The van der Waals surface area contributed by atoms with Crippen LogP contribution < -0.4 is 5.32 Å². The molecule has 0 fully saturated rings. The van der Waals surface area contributed by atoms with E-state index in [2.05, 4.69) is 22.2 Å². The van der Waals surface area contributed by atoms with E-state index in [1.807, 2.05) is 0 Å². The van der Waals surface area contributed by atoms with Crippen molar-refractivity contribution in [3.8, 4) is 0 Å². The number of halogens is 3. The van der Waals surface area contributed by atoms with Gasteiger partial charge in [0.15, 0.2) is 0 Å². The van der Waals surface area contributed by atoms with Crippen LogP contribution in [0, 0.1) is 0 Å². The third-order valence-corrected chi connectivity index (χ3v) is 3.28. The lowest BCUT2D eigenvalue weighted by molar-refractivity contribution is 0.904. The summed E-state index contributed by atoms with van der Waals surface area (Å²) in [6, 6.07) is 5.23. The molecular formula is C13H12Cl3N3. The van der Waals surface area contributed by atoms with Crippen molar-refractivity contribution in [3.05, 3.63) is 45.3 Å². The van der Waals surface area contributed by atoms with Gasteiger partial charge in [-0.05, 0) is 24.6 Å².